The summed E-state index contributed by atoms with van der Waals surface area (Å²) in [5.74, 6) is -0.460. The summed E-state index contributed by atoms with van der Waals surface area (Å²) in [5, 5.41) is 10.5. The Morgan fingerprint density at radius 2 is 1.66 bits per heavy atom. The van der Waals surface area contributed by atoms with Gasteiger partial charge in [-0.15, -0.1) is 5.10 Å². The summed E-state index contributed by atoms with van der Waals surface area (Å²) in [6.07, 6.45) is 1.63. The lowest BCUT2D eigenvalue weighted by Crippen LogP contribution is -2.41. The molecule has 0 aliphatic carbocycles. The standard InChI is InChI=1S/C23H26N4O6S2/c1-15-7-8-18(13-16(15)2)22-25-26-23(33-22)24-21(28)17-9-11-27(12-10-17)35(31,32)20-6-4-5-19(14-20)34(3,29)30/h4-8,13-14,17H,9-12H2,1-3H3,(H,24,26,28). The van der Waals surface area contributed by atoms with Crippen LogP contribution in [0.25, 0.3) is 11.5 Å². The zero-order valence-corrected chi connectivity index (χ0v) is 21.2. The average molecular weight is 519 g/mol. The Hall–Kier alpha value is -3.09. The second-order valence-corrected chi connectivity index (χ2v) is 12.6. The number of rotatable bonds is 6. The molecule has 1 aliphatic heterocycles. The fourth-order valence-corrected chi connectivity index (χ4v) is 6.10. The highest BCUT2D eigenvalue weighted by molar-refractivity contribution is 7.91. The quantitative estimate of drug-likeness (QED) is 0.525. The number of hydrogen-bond donors (Lipinski definition) is 1. The molecule has 3 aromatic rings. The first-order valence-corrected chi connectivity index (χ1v) is 14.3. The molecular weight excluding hydrogens is 492 g/mol. The van der Waals surface area contributed by atoms with Crippen LogP contribution in [0.2, 0.25) is 0 Å². The van der Waals surface area contributed by atoms with Gasteiger partial charge < -0.3 is 4.42 Å². The number of piperidine rings is 1. The van der Waals surface area contributed by atoms with E-state index < -0.39 is 25.8 Å². The number of benzene rings is 2. The van der Waals surface area contributed by atoms with E-state index in [4.69, 9.17) is 4.42 Å². The molecule has 0 spiro atoms. The fraction of sp³-hybridized carbons (Fsp3) is 0.348. The van der Waals surface area contributed by atoms with Crippen LogP contribution in [-0.2, 0) is 24.7 Å². The molecule has 1 N–H and O–H groups in total. The molecule has 1 aromatic heterocycles. The van der Waals surface area contributed by atoms with E-state index in [-0.39, 0.29) is 34.8 Å². The second kappa shape index (κ2) is 9.51. The van der Waals surface area contributed by atoms with Crippen LogP contribution >= 0.6 is 0 Å². The van der Waals surface area contributed by atoms with Gasteiger partial charge in [-0.25, -0.2) is 16.8 Å². The normalized spacial score (nSPS) is 15.7. The van der Waals surface area contributed by atoms with Gasteiger partial charge in [0.15, 0.2) is 9.84 Å². The van der Waals surface area contributed by atoms with Crippen LogP contribution in [0.4, 0.5) is 6.01 Å². The number of sulfonamides is 1. The van der Waals surface area contributed by atoms with Crippen molar-refractivity contribution in [2.24, 2.45) is 5.92 Å². The Morgan fingerprint density at radius 1 is 0.971 bits per heavy atom. The maximum Gasteiger partial charge on any atom is 0.322 e. The fourth-order valence-electron chi connectivity index (χ4n) is 3.85. The van der Waals surface area contributed by atoms with E-state index in [1.165, 1.54) is 22.5 Å². The minimum absolute atomic E-state index is 0.0177. The minimum Gasteiger partial charge on any atom is -0.403 e. The molecule has 4 rings (SSSR count). The molecule has 1 saturated heterocycles. The molecular formula is C23H26N4O6S2. The van der Waals surface area contributed by atoms with Gasteiger partial charge >= 0.3 is 6.01 Å². The van der Waals surface area contributed by atoms with E-state index in [0.717, 1.165) is 29.0 Å². The molecule has 0 radical (unpaired) electrons. The lowest BCUT2D eigenvalue weighted by atomic mass is 9.97. The third-order valence-electron chi connectivity index (χ3n) is 6.11. The van der Waals surface area contributed by atoms with Crippen molar-refractivity contribution in [1.29, 1.82) is 0 Å². The van der Waals surface area contributed by atoms with Gasteiger partial charge in [0, 0.05) is 30.8 Å². The Labute approximate surface area is 204 Å². The van der Waals surface area contributed by atoms with Crippen LogP contribution in [0.3, 0.4) is 0 Å². The Morgan fingerprint density at radius 3 is 2.31 bits per heavy atom. The van der Waals surface area contributed by atoms with E-state index in [2.05, 4.69) is 15.5 Å². The number of hydrogen-bond acceptors (Lipinski definition) is 8. The van der Waals surface area contributed by atoms with Gasteiger partial charge in [-0.3, -0.25) is 10.1 Å². The van der Waals surface area contributed by atoms with Crippen LogP contribution in [0.5, 0.6) is 0 Å². The van der Waals surface area contributed by atoms with Crippen molar-refractivity contribution in [1.82, 2.24) is 14.5 Å². The molecule has 35 heavy (non-hydrogen) atoms. The number of sulfone groups is 1. The highest BCUT2D eigenvalue weighted by atomic mass is 32.2. The highest BCUT2D eigenvalue weighted by Crippen LogP contribution is 2.27. The maximum absolute atomic E-state index is 13.0. The van der Waals surface area contributed by atoms with Crippen LogP contribution in [-0.4, -0.2) is 56.6 Å². The first kappa shape index (κ1) is 25.0. The molecule has 0 bridgehead atoms. The monoisotopic (exact) mass is 518 g/mol. The average Bonchev–Trinajstić information content (AvgIpc) is 3.29. The van der Waals surface area contributed by atoms with Gasteiger partial charge in [0.05, 0.1) is 9.79 Å². The van der Waals surface area contributed by atoms with Crippen molar-refractivity contribution in [3.8, 4) is 11.5 Å². The molecule has 10 nitrogen and oxygen atoms in total. The second-order valence-electron chi connectivity index (χ2n) is 8.63. The van der Waals surface area contributed by atoms with Crippen molar-refractivity contribution in [3.05, 3.63) is 53.6 Å². The van der Waals surface area contributed by atoms with Crippen LogP contribution in [0.1, 0.15) is 24.0 Å². The summed E-state index contributed by atoms with van der Waals surface area (Å²) < 4.78 is 56.5. The van der Waals surface area contributed by atoms with E-state index in [0.29, 0.717) is 18.7 Å². The first-order chi connectivity index (χ1) is 16.4. The van der Waals surface area contributed by atoms with Gasteiger partial charge in [0.1, 0.15) is 0 Å². The summed E-state index contributed by atoms with van der Waals surface area (Å²) in [4.78, 5) is 12.6. The smallest absolute Gasteiger partial charge is 0.322 e. The van der Waals surface area contributed by atoms with E-state index in [1.807, 2.05) is 32.0 Å². The zero-order valence-electron chi connectivity index (χ0n) is 19.6. The number of amides is 1. The molecule has 1 aliphatic rings. The number of aromatic nitrogens is 2. The molecule has 1 fully saturated rings. The van der Waals surface area contributed by atoms with Crippen LogP contribution < -0.4 is 5.32 Å². The van der Waals surface area contributed by atoms with E-state index >= 15 is 0 Å². The lowest BCUT2D eigenvalue weighted by Gasteiger charge is -2.30. The number of carbonyl (C=O) groups is 1. The van der Waals surface area contributed by atoms with Crippen LogP contribution in [0, 0.1) is 19.8 Å². The van der Waals surface area contributed by atoms with Gasteiger partial charge in [-0.1, -0.05) is 17.2 Å². The molecule has 186 valence electrons. The Balaban J connectivity index is 1.39. The van der Waals surface area contributed by atoms with Crippen molar-refractivity contribution in [2.75, 3.05) is 24.7 Å². The highest BCUT2D eigenvalue weighted by Gasteiger charge is 2.33. The summed E-state index contributed by atoms with van der Waals surface area (Å²) in [6.45, 7) is 4.23. The number of carbonyl (C=O) groups excluding carboxylic acids is 1. The molecule has 12 heteroatoms. The molecule has 0 unspecified atom stereocenters. The van der Waals surface area contributed by atoms with Gasteiger partial charge in [0.2, 0.25) is 21.8 Å². The van der Waals surface area contributed by atoms with E-state index in [9.17, 15) is 21.6 Å². The van der Waals surface area contributed by atoms with Crippen molar-refractivity contribution >= 4 is 31.8 Å². The van der Waals surface area contributed by atoms with E-state index in [1.54, 1.807) is 0 Å². The molecule has 0 saturated carbocycles. The van der Waals surface area contributed by atoms with Crippen molar-refractivity contribution in [2.45, 2.75) is 36.5 Å². The number of nitrogens with one attached hydrogen (secondary N) is 1. The molecule has 2 heterocycles. The molecule has 1 amide bonds. The predicted octanol–water partition coefficient (Wildman–Crippen LogP) is 2.80. The van der Waals surface area contributed by atoms with Crippen molar-refractivity contribution < 1.29 is 26.0 Å². The molecule has 2 aromatic carbocycles. The topological polar surface area (TPSA) is 140 Å². The van der Waals surface area contributed by atoms with Gasteiger partial charge in [0.25, 0.3) is 0 Å². The molecule has 0 atom stereocenters. The number of aryl methyl sites for hydroxylation is 2. The summed E-state index contributed by atoms with van der Waals surface area (Å²) >= 11 is 0. The summed E-state index contributed by atoms with van der Waals surface area (Å²) in [7, 11) is -7.43. The first-order valence-electron chi connectivity index (χ1n) is 11.0. The maximum atomic E-state index is 13.0. The summed E-state index contributed by atoms with van der Waals surface area (Å²) in [6, 6.07) is 11.0. The number of anilines is 1. The van der Waals surface area contributed by atoms with Gasteiger partial charge in [-0.05, 0) is 68.1 Å². The Bertz CT molecular complexity index is 1470. The van der Waals surface area contributed by atoms with Gasteiger partial charge in [-0.2, -0.15) is 4.31 Å². The minimum atomic E-state index is -3.89. The van der Waals surface area contributed by atoms with Crippen molar-refractivity contribution in [3.63, 3.8) is 0 Å². The van der Waals surface area contributed by atoms with Crippen LogP contribution in [0.15, 0.2) is 56.7 Å². The largest absolute Gasteiger partial charge is 0.403 e. The SMILES string of the molecule is Cc1ccc(-c2nnc(NC(=O)C3CCN(S(=O)(=O)c4cccc(S(C)(=O)=O)c4)CC3)o2)cc1C. The Kier molecular flexibility index (Phi) is 6.80. The third-order valence-corrected chi connectivity index (χ3v) is 9.11. The zero-order chi connectivity index (χ0) is 25.4. The lowest BCUT2D eigenvalue weighted by molar-refractivity contribution is -0.121. The predicted molar refractivity (Wildman–Crippen MR) is 129 cm³/mol. The summed E-state index contributed by atoms with van der Waals surface area (Å²) in [5.41, 5.74) is 2.97. The number of nitrogens with zero attached hydrogens (tertiary/aromatic N) is 3. The third kappa shape index (κ3) is 5.44.